The maximum absolute atomic E-state index is 12.8. The first-order chi connectivity index (χ1) is 13.7. The third kappa shape index (κ3) is 5.52. The molecule has 0 unspecified atom stereocenters. The van der Waals surface area contributed by atoms with Crippen molar-refractivity contribution in [3.63, 3.8) is 0 Å². The number of carbonyl (C=O) groups excluding carboxylic acids is 1. The van der Waals surface area contributed by atoms with Crippen molar-refractivity contribution in [2.24, 2.45) is 11.8 Å². The van der Waals surface area contributed by atoms with E-state index in [1.165, 1.54) is 11.1 Å². The van der Waals surface area contributed by atoms with Gasteiger partial charge in [-0.05, 0) is 73.5 Å². The Morgan fingerprint density at radius 1 is 1.07 bits per heavy atom. The van der Waals surface area contributed by atoms with Crippen LogP contribution in [0, 0.1) is 18.8 Å². The van der Waals surface area contributed by atoms with Gasteiger partial charge in [0.05, 0.1) is 6.42 Å². The van der Waals surface area contributed by atoms with Gasteiger partial charge in [0.25, 0.3) is 0 Å². The van der Waals surface area contributed by atoms with E-state index in [-0.39, 0.29) is 18.3 Å². The number of ether oxygens (including phenoxy) is 1. The van der Waals surface area contributed by atoms with Crippen molar-refractivity contribution in [3.8, 4) is 5.75 Å². The van der Waals surface area contributed by atoms with Crippen LogP contribution in [-0.4, -0.2) is 37.0 Å². The molecule has 0 radical (unpaired) electrons. The molecule has 4 nitrogen and oxygen atoms in total. The molecule has 4 rings (SSSR count). The molecule has 2 aliphatic heterocycles. The van der Waals surface area contributed by atoms with Crippen LogP contribution < -0.4 is 10.1 Å². The zero-order valence-electron chi connectivity index (χ0n) is 17.1. The molecule has 0 bridgehead atoms. The van der Waals surface area contributed by atoms with Crippen LogP contribution in [0.5, 0.6) is 5.75 Å². The van der Waals surface area contributed by atoms with Gasteiger partial charge in [-0.3, -0.25) is 4.79 Å². The van der Waals surface area contributed by atoms with Crippen LogP contribution in [0.25, 0.3) is 0 Å². The fraction of sp³-hybridized carbons (Fsp3) is 0.458. The number of benzene rings is 2. The summed E-state index contributed by atoms with van der Waals surface area (Å²) in [5.74, 6) is 2.56. The summed E-state index contributed by atoms with van der Waals surface area (Å²) < 4.78 is 5.98. The fourth-order valence-electron chi connectivity index (χ4n) is 4.43. The molecule has 0 spiro atoms. The first-order valence-electron chi connectivity index (χ1n) is 10.4. The second-order valence-corrected chi connectivity index (χ2v) is 8.18. The van der Waals surface area contributed by atoms with Crippen LogP contribution in [0.1, 0.15) is 29.5 Å². The molecule has 0 aliphatic carbocycles. The second-order valence-electron chi connectivity index (χ2n) is 8.18. The lowest BCUT2D eigenvalue weighted by molar-refractivity contribution is -0.130. The summed E-state index contributed by atoms with van der Waals surface area (Å²) in [7, 11) is 0. The maximum atomic E-state index is 12.8. The summed E-state index contributed by atoms with van der Waals surface area (Å²) in [6, 6.07) is 16.2. The molecular weight excluding hydrogens is 384 g/mol. The second kappa shape index (κ2) is 10.1. The Labute approximate surface area is 180 Å². The number of aryl methyl sites for hydroxylation is 1. The summed E-state index contributed by atoms with van der Waals surface area (Å²) in [5.41, 5.74) is 3.45. The highest BCUT2D eigenvalue weighted by atomic mass is 35.5. The van der Waals surface area contributed by atoms with E-state index in [0.29, 0.717) is 13.0 Å². The molecule has 1 amide bonds. The summed E-state index contributed by atoms with van der Waals surface area (Å²) in [5, 5.41) is 3.49. The minimum absolute atomic E-state index is 0. The summed E-state index contributed by atoms with van der Waals surface area (Å²) in [6.45, 7) is 6.67. The Bertz CT molecular complexity index is 812. The summed E-state index contributed by atoms with van der Waals surface area (Å²) >= 11 is 0. The van der Waals surface area contributed by atoms with Crippen LogP contribution in [0.15, 0.2) is 48.5 Å². The molecular formula is C24H31ClN2O2. The number of amides is 1. The number of fused-ring (bicyclic) bond motifs is 1. The minimum atomic E-state index is 0. The van der Waals surface area contributed by atoms with E-state index in [2.05, 4.69) is 29.3 Å². The highest BCUT2D eigenvalue weighted by Crippen LogP contribution is 2.27. The Kier molecular flexibility index (Phi) is 7.57. The minimum Gasteiger partial charge on any atom is -0.489 e. The van der Waals surface area contributed by atoms with Crippen LogP contribution in [0.4, 0.5) is 0 Å². The molecule has 29 heavy (non-hydrogen) atoms. The van der Waals surface area contributed by atoms with Gasteiger partial charge in [0, 0.05) is 13.1 Å². The Balaban J connectivity index is 0.00000240. The van der Waals surface area contributed by atoms with Gasteiger partial charge in [0.1, 0.15) is 12.4 Å². The van der Waals surface area contributed by atoms with Crippen molar-refractivity contribution in [2.75, 3.05) is 26.2 Å². The van der Waals surface area contributed by atoms with Gasteiger partial charge in [-0.25, -0.2) is 0 Å². The number of hydrogen-bond acceptors (Lipinski definition) is 3. The highest BCUT2D eigenvalue weighted by Gasteiger charge is 2.31. The number of likely N-dealkylation sites (tertiary alicyclic amines) is 1. The van der Waals surface area contributed by atoms with Crippen molar-refractivity contribution < 1.29 is 9.53 Å². The molecule has 5 heteroatoms. The number of halogens is 1. The lowest BCUT2D eigenvalue weighted by Crippen LogP contribution is -2.33. The molecule has 2 aliphatic rings. The Morgan fingerprint density at radius 2 is 1.79 bits per heavy atom. The van der Waals surface area contributed by atoms with E-state index in [9.17, 15) is 4.79 Å². The molecule has 2 saturated heterocycles. The van der Waals surface area contributed by atoms with Crippen LogP contribution in [0.2, 0.25) is 0 Å². The van der Waals surface area contributed by atoms with E-state index >= 15 is 0 Å². The van der Waals surface area contributed by atoms with E-state index in [4.69, 9.17) is 4.74 Å². The zero-order chi connectivity index (χ0) is 19.3. The van der Waals surface area contributed by atoms with E-state index in [0.717, 1.165) is 62.2 Å². The number of nitrogens with one attached hydrogen (secondary N) is 1. The van der Waals surface area contributed by atoms with E-state index in [1.54, 1.807) is 0 Å². The predicted octanol–water partition coefficient (Wildman–Crippen LogP) is 4.00. The van der Waals surface area contributed by atoms with Gasteiger partial charge < -0.3 is 15.0 Å². The average Bonchev–Trinajstić information content (AvgIpc) is 3.05. The first-order valence-corrected chi connectivity index (χ1v) is 10.4. The molecule has 2 fully saturated rings. The van der Waals surface area contributed by atoms with Crippen molar-refractivity contribution in [3.05, 3.63) is 65.2 Å². The maximum Gasteiger partial charge on any atom is 0.226 e. The number of rotatable bonds is 5. The topological polar surface area (TPSA) is 41.6 Å². The molecule has 2 heterocycles. The predicted molar refractivity (Wildman–Crippen MR) is 119 cm³/mol. The van der Waals surface area contributed by atoms with Gasteiger partial charge >= 0.3 is 0 Å². The molecule has 0 aromatic heterocycles. The SMILES string of the molecule is Cc1ccccc1COc1cccc(CC(=O)N2CC[C@@H]3CNC[C@@H]3CC2)c1.Cl. The summed E-state index contributed by atoms with van der Waals surface area (Å²) in [6.07, 6.45) is 2.71. The monoisotopic (exact) mass is 414 g/mol. The number of carbonyl (C=O) groups is 1. The first kappa shape index (κ1) is 21.7. The van der Waals surface area contributed by atoms with Crippen molar-refractivity contribution in [1.29, 1.82) is 0 Å². The van der Waals surface area contributed by atoms with Crippen LogP contribution in [-0.2, 0) is 17.8 Å². The number of hydrogen-bond donors (Lipinski definition) is 1. The van der Waals surface area contributed by atoms with Gasteiger partial charge in [-0.15, -0.1) is 12.4 Å². The molecule has 2 aromatic rings. The van der Waals surface area contributed by atoms with Crippen molar-refractivity contribution in [1.82, 2.24) is 10.2 Å². The van der Waals surface area contributed by atoms with Gasteiger partial charge in [-0.2, -0.15) is 0 Å². The normalized spacial score (nSPS) is 21.1. The highest BCUT2D eigenvalue weighted by molar-refractivity contribution is 5.85. The van der Waals surface area contributed by atoms with Gasteiger partial charge in [0.2, 0.25) is 5.91 Å². The summed E-state index contributed by atoms with van der Waals surface area (Å²) in [4.78, 5) is 14.9. The smallest absolute Gasteiger partial charge is 0.226 e. The molecule has 0 saturated carbocycles. The third-order valence-electron chi connectivity index (χ3n) is 6.28. The lowest BCUT2D eigenvalue weighted by Gasteiger charge is -2.21. The average molecular weight is 415 g/mol. The van der Waals surface area contributed by atoms with Crippen molar-refractivity contribution >= 4 is 18.3 Å². The standard InChI is InChI=1S/C24H30N2O2.ClH/c1-18-5-2-3-7-22(18)17-28-23-8-4-6-19(13-23)14-24(27)26-11-9-20-15-25-16-21(20)10-12-26;/h2-8,13,20-21,25H,9-12,14-17H2,1H3;1H/t20-,21+;. The molecule has 1 N–H and O–H groups in total. The van der Waals surface area contributed by atoms with Gasteiger partial charge in [0.15, 0.2) is 0 Å². The van der Waals surface area contributed by atoms with Crippen LogP contribution >= 0.6 is 12.4 Å². The molecule has 2 aromatic carbocycles. The molecule has 156 valence electrons. The quantitative estimate of drug-likeness (QED) is 0.804. The van der Waals surface area contributed by atoms with Crippen LogP contribution in [0.3, 0.4) is 0 Å². The van der Waals surface area contributed by atoms with Gasteiger partial charge in [-0.1, -0.05) is 36.4 Å². The fourth-order valence-corrected chi connectivity index (χ4v) is 4.43. The molecule has 2 atom stereocenters. The van der Waals surface area contributed by atoms with E-state index < -0.39 is 0 Å². The zero-order valence-corrected chi connectivity index (χ0v) is 17.9. The number of nitrogens with zero attached hydrogens (tertiary/aromatic N) is 1. The Morgan fingerprint density at radius 3 is 2.52 bits per heavy atom. The largest absolute Gasteiger partial charge is 0.489 e. The van der Waals surface area contributed by atoms with E-state index in [1.807, 2.05) is 36.4 Å². The Hall–Kier alpha value is -2.04. The van der Waals surface area contributed by atoms with Crippen molar-refractivity contribution in [2.45, 2.75) is 32.8 Å². The lowest BCUT2D eigenvalue weighted by atomic mass is 9.92. The third-order valence-corrected chi connectivity index (χ3v) is 6.28.